The van der Waals surface area contributed by atoms with E-state index in [0.717, 1.165) is 11.4 Å². The summed E-state index contributed by atoms with van der Waals surface area (Å²) in [4.78, 5) is 2.62. The molecule has 0 bridgehead atoms. The molecule has 11 aromatic carbocycles. The van der Waals surface area contributed by atoms with Gasteiger partial charge in [-0.15, -0.1) is 0 Å². The smallest absolute Gasteiger partial charge is 0.309 e. The molecule has 0 amide bonds. The van der Waals surface area contributed by atoms with E-state index in [1.54, 1.807) is 0 Å². The van der Waals surface area contributed by atoms with Crippen molar-refractivity contribution in [1.29, 1.82) is 0 Å². The molecule has 0 unspecified atom stereocenters. The van der Waals surface area contributed by atoms with E-state index >= 15 is 0 Å². The summed E-state index contributed by atoms with van der Waals surface area (Å²) in [6.45, 7) is 0. The van der Waals surface area contributed by atoms with E-state index in [9.17, 15) is 0 Å². The molecule has 0 saturated heterocycles. The summed E-state index contributed by atoms with van der Waals surface area (Å²) >= 11 is 4.01. The molecule has 4 nitrogen and oxygen atoms in total. The lowest BCUT2D eigenvalue weighted by atomic mass is 9.75. The van der Waals surface area contributed by atoms with Crippen molar-refractivity contribution in [2.45, 2.75) is 9.79 Å². The van der Waals surface area contributed by atoms with Crippen LogP contribution in [-0.2, 0) is 0 Å². The van der Waals surface area contributed by atoms with Gasteiger partial charge in [0, 0.05) is 75.4 Å². The third-order valence-corrected chi connectivity index (χ3v) is 18.5. The molecular weight excluding hydrogens is 924 g/mol. The molecule has 0 atom stereocenters. The Morgan fingerprint density at radius 1 is 0.288 bits per heavy atom. The molecule has 0 aliphatic carbocycles. The van der Waals surface area contributed by atoms with E-state index < -0.39 is 0 Å². The average molecular weight is 963 g/mol. The van der Waals surface area contributed by atoms with E-state index in [0.29, 0.717) is 0 Å². The quantitative estimate of drug-likeness (QED) is 0.164. The first-order valence-corrected chi connectivity index (χ1v) is 26.8. The maximum Gasteiger partial charge on any atom is 0.318 e. The second-order valence-electron chi connectivity index (χ2n) is 19.4. The van der Waals surface area contributed by atoms with Crippen LogP contribution < -0.4 is 5.46 Å². The Bertz CT molecular complexity index is 4560. The third kappa shape index (κ3) is 5.35. The number of nitrogens with zero attached hydrogens (tertiary/aromatic N) is 4. The summed E-state index contributed by atoms with van der Waals surface area (Å²) in [7, 11) is 0. The van der Waals surface area contributed by atoms with Gasteiger partial charge in [0.05, 0.1) is 55.5 Å². The summed E-state index contributed by atoms with van der Waals surface area (Å²) in [5.41, 5.74) is 20.8. The molecule has 338 valence electrons. The largest absolute Gasteiger partial charge is 0.318 e. The van der Waals surface area contributed by atoms with Crippen LogP contribution in [0, 0.1) is 0 Å². The first-order valence-electron chi connectivity index (χ1n) is 25.0. The maximum absolute atomic E-state index is 2.66. The zero-order valence-corrected chi connectivity index (χ0v) is 40.8. The van der Waals surface area contributed by atoms with Gasteiger partial charge in [-0.05, 0) is 95.5 Å². The predicted octanol–water partition coefficient (Wildman–Crippen LogP) is 17.3. The number of hydrogen-bond acceptors (Lipinski definition) is 2. The number of fused-ring (bicyclic) bond motifs is 18. The molecule has 7 heteroatoms. The summed E-state index contributed by atoms with van der Waals surface area (Å²) in [5, 5.41) is 10.0. The molecule has 4 aromatic heterocycles. The zero-order chi connectivity index (χ0) is 47.5. The second kappa shape index (κ2) is 15.0. The Morgan fingerprint density at radius 3 is 1.11 bits per heavy atom. The minimum Gasteiger partial charge on any atom is -0.309 e. The number of hydrogen-bond donors (Lipinski definition) is 0. The molecule has 6 heterocycles. The highest BCUT2D eigenvalue weighted by Gasteiger charge is 2.41. The second-order valence-corrected chi connectivity index (χ2v) is 22.0. The molecule has 0 fully saturated rings. The van der Waals surface area contributed by atoms with Crippen molar-refractivity contribution >= 4 is 121 Å². The molecule has 15 aromatic rings. The molecule has 0 spiro atoms. The molecule has 73 heavy (non-hydrogen) atoms. The number of para-hydroxylation sites is 6. The Kier molecular flexibility index (Phi) is 8.21. The number of rotatable bonds is 4. The van der Waals surface area contributed by atoms with Crippen molar-refractivity contribution in [2.75, 3.05) is 0 Å². The van der Waals surface area contributed by atoms with E-state index in [1.807, 2.05) is 23.2 Å². The van der Waals surface area contributed by atoms with Crippen LogP contribution in [-0.4, -0.2) is 23.5 Å². The van der Waals surface area contributed by atoms with Crippen molar-refractivity contribution in [1.82, 2.24) is 18.3 Å². The molecule has 0 radical (unpaired) electrons. The lowest BCUT2D eigenvalue weighted by molar-refractivity contribution is 1.14. The SMILES string of the molecule is c1ccc(-n2c3ccccc3c3c2ccc2c4ccccc4n(-c4cc(-n5c6ccccc6c6ccc7c(c8ccccc8n7-c7ccccc7)c65)c5c6c4-c4ccccc4SB6Sc4ccccc4-5)c23)cc1. The third-order valence-electron chi connectivity index (χ3n) is 15.8. The zero-order valence-electron chi connectivity index (χ0n) is 39.2. The highest BCUT2D eigenvalue weighted by atomic mass is 32.2. The topological polar surface area (TPSA) is 19.7 Å². The van der Waals surface area contributed by atoms with Crippen LogP contribution in [0.5, 0.6) is 0 Å². The summed E-state index contributed by atoms with van der Waals surface area (Å²) < 4.78 is 10.2. The van der Waals surface area contributed by atoms with Crippen molar-refractivity contribution in [3.63, 3.8) is 0 Å². The van der Waals surface area contributed by atoms with Crippen molar-refractivity contribution in [3.8, 4) is 45.0 Å². The fourth-order valence-electron chi connectivity index (χ4n) is 13.0. The number of benzene rings is 11. The van der Waals surface area contributed by atoms with Crippen LogP contribution in [0.4, 0.5) is 0 Å². The van der Waals surface area contributed by atoms with E-state index in [1.165, 1.54) is 136 Å². The summed E-state index contributed by atoms with van der Waals surface area (Å²) in [6, 6.07) is 88.3. The van der Waals surface area contributed by atoms with Crippen LogP contribution >= 0.6 is 23.2 Å². The normalized spacial score (nSPS) is 13.1. The van der Waals surface area contributed by atoms with Crippen molar-refractivity contribution < 1.29 is 0 Å². The van der Waals surface area contributed by atoms with Gasteiger partial charge in [-0.2, -0.15) is 23.2 Å². The molecule has 17 rings (SSSR count). The van der Waals surface area contributed by atoms with Gasteiger partial charge in [-0.1, -0.05) is 158 Å². The van der Waals surface area contributed by atoms with Crippen LogP contribution in [0.1, 0.15) is 0 Å². The molecule has 0 saturated carbocycles. The van der Waals surface area contributed by atoms with Crippen LogP contribution in [0.3, 0.4) is 0 Å². The van der Waals surface area contributed by atoms with E-state index in [-0.39, 0.29) is 5.27 Å². The Morgan fingerprint density at radius 2 is 0.658 bits per heavy atom. The lowest BCUT2D eigenvalue weighted by Gasteiger charge is -2.35. The van der Waals surface area contributed by atoms with Gasteiger partial charge in [0.25, 0.3) is 0 Å². The van der Waals surface area contributed by atoms with E-state index in [2.05, 4.69) is 255 Å². The predicted molar refractivity (Wildman–Crippen MR) is 312 cm³/mol. The molecule has 2 aliphatic rings. The van der Waals surface area contributed by atoms with Crippen LogP contribution in [0.2, 0.25) is 0 Å². The highest BCUT2D eigenvalue weighted by Crippen LogP contribution is 2.55. The molecule has 0 N–H and O–H groups in total. The fourth-order valence-corrected chi connectivity index (χ4v) is 15.9. The molecular formula is C66H39BN4S2. The minimum absolute atomic E-state index is 0.106. The standard InChI is InChI=1S/C66H39BN4S2/c1-3-19-40(20-4-1)68-52-31-15-9-25-46(52)62-54(68)37-35-44-42-23-7-13-29-50(42)70(65(44)62)56-39-57(61-49-28-12-18-34-59(49)73-67-64(61)60(56)48-27-11-17-33-58(48)72-67)71-51-30-14-8-24-43(51)45-36-38-55-63(66(45)71)47-26-10-16-32-53(47)69(55)41-21-5-2-6-22-41/h1-39H. The van der Waals surface area contributed by atoms with Crippen LogP contribution in [0.15, 0.2) is 246 Å². The summed E-state index contributed by atoms with van der Waals surface area (Å²) in [6.07, 6.45) is 0. The van der Waals surface area contributed by atoms with Gasteiger partial charge in [-0.3, -0.25) is 0 Å². The van der Waals surface area contributed by atoms with Gasteiger partial charge < -0.3 is 18.3 Å². The van der Waals surface area contributed by atoms with Gasteiger partial charge in [0.15, 0.2) is 0 Å². The highest BCUT2D eigenvalue weighted by molar-refractivity contribution is 8.56. The lowest BCUT2D eigenvalue weighted by Crippen LogP contribution is -2.35. The summed E-state index contributed by atoms with van der Waals surface area (Å²) in [5.74, 6) is 0. The van der Waals surface area contributed by atoms with Crippen molar-refractivity contribution in [3.05, 3.63) is 237 Å². The fraction of sp³-hybridized carbons (Fsp3) is 0. The van der Waals surface area contributed by atoms with Gasteiger partial charge in [0.2, 0.25) is 0 Å². The Balaban J connectivity index is 1.11. The Labute approximate surface area is 428 Å². The average Bonchev–Trinajstić information content (AvgIpc) is 4.19. The minimum atomic E-state index is 0.106. The first-order chi connectivity index (χ1) is 36.3. The first kappa shape index (κ1) is 40.0. The molecule has 2 aliphatic heterocycles. The Hall–Kier alpha value is -8.62. The monoisotopic (exact) mass is 962 g/mol. The number of aromatic nitrogens is 4. The maximum atomic E-state index is 2.66. The van der Waals surface area contributed by atoms with Gasteiger partial charge in [0.1, 0.15) is 0 Å². The van der Waals surface area contributed by atoms with Gasteiger partial charge in [-0.25, -0.2) is 0 Å². The van der Waals surface area contributed by atoms with E-state index in [4.69, 9.17) is 0 Å². The van der Waals surface area contributed by atoms with Gasteiger partial charge >= 0.3 is 5.27 Å². The van der Waals surface area contributed by atoms with Crippen LogP contribution in [0.25, 0.3) is 132 Å². The van der Waals surface area contributed by atoms with Crippen molar-refractivity contribution in [2.24, 2.45) is 0 Å².